The SMILES string of the molecule is CCN(Cc1cc(NN)ccn1)CC(C)(C)O. The number of nitrogens with two attached hydrogens (primary N) is 1. The Morgan fingerprint density at radius 3 is 2.76 bits per heavy atom. The van der Waals surface area contributed by atoms with Crippen LogP contribution in [0.4, 0.5) is 5.69 Å². The van der Waals surface area contributed by atoms with Gasteiger partial charge in [-0.05, 0) is 32.5 Å². The predicted molar refractivity (Wildman–Crippen MR) is 69.3 cm³/mol. The number of likely N-dealkylation sites (N-methyl/N-ethyl adjacent to an activating group) is 1. The molecule has 17 heavy (non-hydrogen) atoms. The highest BCUT2D eigenvalue weighted by atomic mass is 16.3. The van der Waals surface area contributed by atoms with E-state index in [1.165, 1.54) is 0 Å². The van der Waals surface area contributed by atoms with E-state index in [0.29, 0.717) is 13.1 Å². The molecule has 0 saturated carbocycles. The van der Waals surface area contributed by atoms with Gasteiger partial charge in [0.15, 0.2) is 0 Å². The minimum atomic E-state index is -0.695. The molecule has 1 heterocycles. The number of anilines is 1. The Morgan fingerprint density at radius 1 is 1.53 bits per heavy atom. The fourth-order valence-corrected chi connectivity index (χ4v) is 1.71. The first-order valence-corrected chi connectivity index (χ1v) is 5.81. The van der Waals surface area contributed by atoms with Gasteiger partial charge in [0.1, 0.15) is 0 Å². The highest BCUT2D eigenvalue weighted by Crippen LogP contribution is 2.11. The molecule has 1 aromatic heterocycles. The molecule has 0 aliphatic rings. The van der Waals surface area contributed by atoms with Crippen molar-refractivity contribution in [3.05, 3.63) is 24.0 Å². The zero-order chi connectivity index (χ0) is 12.9. The fraction of sp³-hybridized carbons (Fsp3) is 0.583. The molecule has 0 aromatic carbocycles. The zero-order valence-corrected chi connectivity index (χ0v) is 10.8. The van der Waals surface area contributed by atoms with E-state index in [1.54, 1.807) is 20.0 Å². The number of nitrogen functional groups attached to an aromatic ring is 1. The summed E-state index contributed by atoms with van der Waals surface area (Å²) in [6.07, 6.45) is 1.72. The van der Waals surface area contributed by atoms with Crippen LogP contribution in [0.15, 0.2) is 18.3 Å². The number of aliphatic hydroxyl groups is 1. The molecule has 0 bridgehead atoms. The van der Waals surface area contributed by atoms with E-state index in [0.717, 1.165) is 17.9 Å². The van der Waals surface area contributed by atoms with Gasteiger partial charge >= 0.3 is 0 Å². The second kappa shape index (κ2) is 5.95. The molecule has 4 N–H and O–H groups in total. The lowest BCUT2D eigenvalue weighted by Crippen LogP contribution is -2.38. The minimum Gasteiger partial charge on any atom is -0.389 e. The van der Waals surface area contributed by atoms with Crippen molar-refractivity contribution in [1.29, 1.82) is 0 Å². The lowest BCUT2D eigenvalue weighted by atomic mass is 10.1. The third-order valence-electron chi connectivity index (χ3n) is 2.43. The van der Waals surface area contributed by atoms with Crippen LogP contribution in [-0.2, 0) is 6.54 Å². The maximum absolute atomic E-state index is 9.80. The molecule has 1 aromatic rings. The highest BCUT2D eigenvalue weighted by Gasteiger charge is 2.17. The molecule has 0 amide bonds. The van der Waals surface area contributed by atoms with Crippen molar-refractivity contribution in [1.82, 2.24) is 9.88 Å². The van der Waals surface area contributed by atoms with Gasteiger partial charge in [0.25, 0.3) is 0 Å². The van der Waals surface area contributed by atoms with E-state index in [9.17, 15) is 5.11 Å². The van der Waals surface area contributed by atoms with Crippen LogP contribution >= 0.6 is 0 Å². The van der Waals surface area contributed by atoms with Gasteiger partial charge in [-0.25, -0.2) is 0 Å². The molecule has 0 aliphatic heterocycles. The first-order valence-electron chi connectivity index (χ1n) is 5.81. The summed E-state index contributed by atoms with van der Waals surface area (Å²) < 4.78 is 0. The topological polar surface area (TPSA) is 74.4 Å². The van der Waals surface area contributed by atoms with Crippen molar-refractivity contribution in [2.45, 2.75) is 32.9 Å². The van der Waals surface area contributed by atoms with Crippen LogP contribution in [0.1, 0.15) is 26.5 Å². The number of hydrogen-bond donors (Lipinski definition) is 3. The van der Waals surface area contributed by atoms with E-state index in [1.807, 2.05) is 12.1 Å². The molecule has 0 fully saturated rings. The van der Waals surface area contributed by atoms with Crippen molar-refractivity contribution in [3.63, 3.8) is 0 Å². The van der Waals surface area contributed by atoms with Crippen molar-refractivity contribution in [2.75, 3.05) is 18.5 Å². The van der Waals surface area contributed by atoms with Crippen LogP contribution in [0, 0.1) is 0 Å². The fourth-order valence-electron chi connectivity index (χ4n) is 1.71. The summed E-state index contributed by atoms with van der Waals surface area (Å²) in [5.74, 6) is 5.35. The van der Waals surface area contributed by atoms with E-state index in [4.69, 9.17) is 5.84 Å². The van der Waals surface area contributed by atoms with E-state index < -0.39 is 5.60 Å². The monoisotopic (exact) mass is 238 g/mol. The molecule has 0 saturated heterocycles. The molecule has 0 radical (unpaired) electrons. The summed E-state index contributed by atoms with van der Waals surface area (Å²) in [5, 5.41) is 9.80. The first-order chi connectivity index (χ1) is 7.94. The predicted octanol–water partition coefficient (Wildman–Crippen LogP) is 0.960. The second-order valence-electron chi connectivity index (χ2n) is 4.80. The normalized spacial score (nSPS) is 11.9. The van der Waals surface area contributed by atoms with E-state index in [2.05, 4.69) is 22.2 Å². The van der Waals surface area contributed by atoms with Gasteiger partial charge in [-0.2, -0.15) is 0 Å². The third-order valence-corrected chi connectivity index (χ3v) is 2.43. The van der Waals surface area contributed by atoms with Crippen LogP contribution in [0.2, 0.25) is 0 Å². The molecule has 5 nitrogen and oxygen atoms in total. The van der Waals surface area contributed by atoms with Crippen LogP contribution in [0.5, 0.6) is 0 Å². The van der Waals surface area contributed by atoms with Gasteiger partial charge in [-0.3, -0.25) is 15.7 Å². The Kier molecular flexibility index (Phi) is 4.86. The summed E-state index contributed by atoms with van der Waals surface area (Å²) in [6, 6.07) is 3.73. The maximum Gasteiger partial charge on any atom is 0.0718 e. The van der Waals surface area contributed by atoms with E-state index in [-0.39, 0.29) is 0 Å². The lowest BCUT2D eigenvalue weighted by Gasteiger charge is -2.27. The number of rotatable bonds is 6. The molecule has 1 rings (SSSR count). The van der Waals surface area contributed by atoms with Crippen molar-refractivity contribution in [3.8, 4) is 0 Å². The highest BCUT2D eigenvalue weighted by molar-refractivity contribution is 5.41. The standard InChI is InChI=1S/C12H22N4O/c1-4-16(9-12(2,3)17)8-11-7-10(15-13)5-6-14-11/h5-7,17H,4,8-9,13H2,1-3H3,(H,14,15). The molecule has 5 heteroatoms. The Morgan fingerprint density at radius 2 is 2.24 bits per heavy atom. The van der Waals surface area contributed by atoms with Crippen LogP contribution in [0.3, 0.4) is 0 Å². The van der Waals surface area contributed by atoms with Crippen LogP contribution in [0.25, 0.3) is 0 Å². The first kappa shape index (κ1) is 13.9. The van der Waals surface area contributed by atoms with Crippen LogP contribution in [-0.4, -0.2) is 33.7 Å². The summed E-state index contributed by atoms with van der Waals surface area (Å²) in [5.41, 5.74) is 3.68. The number of aromatic nitrogens is 1. The van der Waals surface area contributed by atoms with Crippen molar-refractivity contribution < 1.29 is 5.11 Å². The third kappa shape index (κ3) is 5.12. The molecule has 0 spiro atoms. The summed E-state index contributed by atoms with van der Waals surface area (Å²) in [4.78, 5) is 6.43. The molecular weight excluding hydrogens is 216 g/mol. The molecular formula is C12H22N4O. The Balaban J connectivity index is 2.67. The molecule has 0 aliphatic carbocycles. The summed E-state index contributed by atoms with van der Waals surface area (Å²) >= 11 is 0. The zero-order valence-electron chi connectivity index (χ0n) is 10.8. The Hall–Kier alpha value is -1.17. The quantitative estimate of drug-likeness (QED) is 0.508. The van der Waals surface area contributed by atoms with Gasteiger partial charge in [0, 0.05) is 19.3 Å². The van der Waals surface area contributed by atoms with Gasteiger partial charge in [0.05, 0.1) is 17.0 Å². The number of hydrogen-bond acceptors (Lipinski definition) is 5. The van der Waals surface area contributed by atoms with Gasteiger partial charge in [-0.1, -0.05) is 6.92 Å². The minimum absolute atomic E-state index is 0.617. The summed E-state index contributed by atoms with van der Waals surface area (Å²) in [7, 11) is 0. The number of pyridine rings is 1. The van der Waals surface area contributed by atoms with Crippen molar-refractivity contribution >= 4 is 5.69 Å². The molecule has 96 valence electrons. The Bertz CT molecular complexity index is 349. The number of hydrazine groups is 1. The average molecular weight is 238 g/mol. The maximum atomic E-state index is 9.80. The van der Waals surface area contributed by atoms with Gasteiger partial charge < -0.3 is 10.5 Å². The van der Waals surface area contributed by atoms with Gasteiger partial charge in [-0.15, -0.1) is 0 Å². The second-order valence-corrected chi connectivity index (χ2v) is 4.80. The largest absolute Gasteiger partial charge is 0.389 e. The van der Waals surface area contributed by atoms with Crippen molar-refractivity contribution in [2.24, 2.45) is 5.84 Å². The number of nitrogens with zero attached hydrogens (tertiary/aromatic N) is 2. The lowest BCUT2D eigenvalue weighted by molar-refractivity contribution is 0.0350. The summed E-state index contributed by atoms with van der Waals surface area (Å²) in [6.45, 7) is 7.87. The van der Waals surface area contributed by atoms with E-state index >= 15 is 0 Å². The average Bonchev–Trinajstić information content (AvgIpc) is 2.26. The number of nitrogens with one attached hydrogen (secondary N) is 1. The molecule has 0 atom stereocenters. The molecule has 0 unspecified atom stereocenters. The smallest absolute Gasteiger partial charge is 0.0718 e. The Labute approximate surface area is 103 Å². The van der Waals surface area contributed by atoms with Gasteiger partial charge in [0.2, 0.25) is 0 Å². The van der Waals surface area contributed by atoms with Crippen LogP contribution < -0.4 is 11.3 Å².